The largest absolute Gasteiger partial charge is 0.416 e. The number of rotatable bonds is 5. The van der Waals surface area contributed by atoms with Crippen molar-refractivity contribution in [2.75, 3.05) is 0 Å². The fraction of sp³-hybridized carbons (Fsp3) is 0.308. The predicted molar refractivity (Wildman–Crippen MR) is 77.7 cm³/mol. The van der Waals surface area contributed by atoms with E-state index in [1.54, 1.807) is 26.0 Å². The number of nitrogens with zero attached hydrogens (tertiary/aromatic N) is 2. The van der Waals surface area contributed by atoms with Crippen LogP contribution in [0.5, 0.6) is 0 Å². The molecule has 0 bridgehead atoms. The van der Waals surface area contributed by atoms with Gasteiger partial charge < -0.3 is 9.73 Å². The monoisotopic (exact) mass is 311 g/mol. The number of halogens is 1. The first kappa shape index (κ1) is 14.9. The lowest BCUT2D eigenvalue weighted by molar-refractivity contribution is -0.120. The topological polar surface area (TPSA) is 68.0 Å². The molecule has 1 aromatic carbocycles. The summed E-state index contributed by atoms with van der Waals surface area (Å²) < 4.78 is 5.23. The minimum atomic E-state index is -0.304. The van der Waals surface area contributed by atoms with Crippen LogP contribution >= 0.6 is 23.4 Å². The van der Waals surface area contributed by atoms with Crippen LogP contribution in [0.3, 0.4) is 0 Å². The normalized spacial score (nSPS) is 12.2. The molecule has 0 saturated carbocycles. The molecule has 1 heterocycles. The van der Waals surface area contributed by atoms with E-state index in [1.165, 1.54) is 11.8 Å². The fourth-order valence-corrected chi connectivity index (χ4v) is 2.34. The van der Waals surface area contributed by atoms with E-state index in [2.05, 4.69) is 15.5 Å². The summed E-state index contributed by atoms with van der Waals surface area (Å²) in [4.78, 5) is 11.9. The van der Waals surface area contributed by atoms with Gasteiger partial charge in [0.25, 0.3) is 5.22 Å². The lowest BCUT2D eigenvalue weighted by Gasteiger charge is -2.09. The van der Waals surface area contributed by atoms with Gasteiger partial charge in [0.05, 0.1) is 5.25 Å². The van der Waals surface area contributed by atoms with Gasteiger partial charge in [-0.1, -0.05) is 35.5 Å². The molecular formula is C13H14ClN3O2S. The van der Waals surface area contributed by atoms with Crippen LogP contribution in [-0.4, -0.2) is 21.4 Å². The number of carbonyl (C=O) groups excluding carboxylic acids is 1. The zero-order valence-electron chi connectivity index (χ0n) is 11.1. The van der Waals surface area contributed by atoms with Crippen molar-refractivity contribution < 1.29 is 9.21 Å². The second kappa shape index (κ2) is 6.76. The molecule has 7 heteroatoms. The highest BCUT2D eigenvalue weighted by Crippen LogP contribution is 2.21. The Hall–Kier alpha value is -1.53. The number of hydrogen-bond donors (Lipinski definition) is 1. The summed E-state index contributed by atoms with van der Waals surface area (Å²) >= 11 is 7.04. The third-order valence-corrected chi connectivity index (χ3v) is 3.72. The number of nitrogens with one attached hydrogen (secondary N) is 1. The van der Waals surface area contributed by atoms with Crippen molar-refractivity contribution in [3.05, 3.63) is 40.7 Å². The molecular weight excluding hydrogens is 298 g/mol. The van der Waals surface area contributed by atoms with Gasteiger partial charge in [-0.25, -0.2) is 0 Å². The Kier molecular flexibility index (Phi) is 5.03. The second-order valence-electron chi connectivity index (χ2n) is 4.19. The minimum Gasteiger partial charge on any atom is -0.416 e. The van der Waals surface area contributed by atoms with Gasteiger partial charge in [0.1, 0.15) is 0 Å². The molecule has 20 heavy (non-hydrogen) atoms. The van der Waals surface area contributed by atoms with Crippen molar-refractivity contribution in [1.29, 1.82) is 0 Å². The van der Waals surface area contributed by atoms with Gasteiger partial charge in [0.2, 0.25) is 11.8 Å². The molecule has 1 unspecified atom stereocenters. The quantitative estimate of drug-likeness (QED) is 0.860. The number of amides is 1. The van der Waals surface area contributed by atoms with E-state index < -0.39 is 0 Å². The molecule has 0 spiro atoms. The summed E-state index contributed by atoms with van der Waals surface area (Å²) in [6.45, 7) is 3.97. The second-order valence-corrected chi connectivity index (χ2v) is 5.92. The molecule has 1 atom stereocenters. The molecule has 5 nitrogen and oxygen atoms in total. The Balaban J connectivity index is 1.83. The van der Waals surface area contributed by atoms with Gasteiger partial charge in [0.15, 0.2) is 0 Å². The van der Waals surface area contributed by atoms with Crippen LogP contribution in [-0.2, 0) is 11.3 Å². The van der Waals surface area contributed by atoms with Crippen LogP contribution < -0.4 is 5.32 Å². The van der Waals surface area contributed by atoms with E-state index in [0.29, 0.717) is 22.7 Å². The first-order valence-electron chi connectivity index (χ1n) is 6.03. The summed E-state index contributed by atoms with van der Waals surface area (Å²) in [6.07, 6.45) is 0. The molecule has 2 aromatic rings. The molecule has 0 aliphatic rings. The number of aromatic nitrogens is 2. The van der Waals surface area contributed by atoms with Gasteiger partial charge in [-0.2, -0.15) is 0 Å². The molecule has 0 aliphatic carbocycles. The van der Waals surface area contributed by atoms with E-state index >= 15 is 0 Å². The summed E-state index contributed by atoms with van der Waals surface area (Å²) in [5, 5.41) is 11.2. The molecule has 0 aliphatic heterocycles. The first-order valence-corrected chi connectivity index (χ1v) is 7.29. The van der Waals surface area contributed by atoms with E-state index in [4.69, 9.17) is 16.0 Å². The lowest BCUT2D eigenvalue weighted by atomic mass is 10.2. The number of thioether (sulfide) groups is 1. The summed E-state index contributed by atoms with van der Waals surface area (Å²) in [6, 6.07) is 7.34. The third kappa shape index (κ3) is 4.25. The molecule has 2 rings (SSSR count). The van der Waals surface area contributed by atoms with Crippen molar-refractivity contribution in [2.45, 2.75) is 30.9 Å². The summed E-state index contributed by atoms with van der Waals surface area (Å²) in [7, 11) is 0. The maximum Gasteiger partial charge on any atom is 0.277 e. The Morgan fingerprint density at radius 3 is 2.70 bits per heavy atom. The van der Waals surface area contributed by atoms with Gasteiger partial charge in [-0.3, -0.25) is 4.79 Å². The summed E-state index contributed by atoms with van der Waals surface area (Å²) in [5.41, 5.74) is 0.994. The highest BCUT2D eigenvalue weighted by molar-refractivity contribution is 8.00. The lowest BCUT2D eigenvalue weighted by Crippen LogP contribution is -2.30. The molecule has 1 aromatic heterocycles. The van der Waals surface area contributed by atoms with E-state index in [0.717, 1.165) is 5.56 Å². The molecule has 1 amide bonds. The maximum atomic E-state index is 11.9. The van der Waals surface area contributed by atoms with Gasteiger partial charge in [-0.05, 0) is 24.6 Å². The Morgan fingerprint density at radius 1 is 1.40 bits per heavy atom. The minimum absolute atomic E-state index is 0.0826. The smallest absolute Gasteiger partial charge is 0.277 e. The molecule has 1 N–H and O–H groups in total. The van der Waals surface area contributed by atoms with Gasteiger partial charge in [-0.15, -0.1) is 10.2 Å². The van der Waals surface area contributed by atoms with Crippen molar-refractivity contribution >= 4 is 29.3 Å². The standard InChI is InChI=1S/C13H14ClN3O2S/c1-8(20-13-17-16-9(2)19-13)12(18)15-7-10-3-5-11(14)6-4-10/h3-6,8H,7H2,1-2H3,(H,15,18). The Labute approximate surface area is 126 Å². The van der Waals surface area contributed by atoms with Crippen LogP contribution in [0.4, 0.5) is 0 Å². The highest BCUT2D eigenvalue weighted by Gasteiger charge is 2.17. The first-order chi connectivity index (χ1) is 9.54. The fourth-order valence-electron chi connectivity index (χ4n) is 1.47. The van der Waals surface area contributed by atoms with Crippen molar-refractivity contribution in [3.8, 4) is 0 Å². The Morgan fingerprint density at radius 2 is 2.10 bits per heavy atom. The number of benzene rings is 1. The summed E-state index contributed by atoms with van der Waals surface area (Å²) in [5.74, 6) is 0.405. The number of carbonyl (C=O) groups is 1. The average molecular weight is 312 g/mol. The van der Waals surface area contributed by atoms with Crippen LogP contribution in [0, 0.1) is 6.92 Å². The SMILES string of the molecule is Cc1nnc(SC(C)C(=O)NCc2ccc(Cl)cc2)o1. The molecule has 0 fully saturated rings. The van der Waals surface area contributed by atoms with E-state index in [-0.39, 0.29) is 11.2 Å². The maximum absolute atomic E-state index is 11.9. The predicted octanol–water partition coefficient (Wildman–Crippen LogP) is 2.83. The van der Waals surface area contributed by atoms with Crippen molar-refractivity contribution in [2.24, 2.45) is 0 Å². The van der Waals surface area contributed by atoms with Gasteiger partial charge in [0, 0.05) is 18.5 Å². The van der Waals surface area contributed by atoms with Gasteiger partial charge >= 0.3 is 0 Å². The van der Waals surface area contributed by atoms with Crippen LogP contribution in [0.25, 0.3) is 0 Å². The zero-order chi connectivity index (χ0) is 14.5. The van der Waals surface area contributed by atoms with Crippen LogP contribution in [0.2, 0.25) is 5.02 Å². The number of aryl methyl sites for hydroxylation is 1. The van der Waals surface area contributed by atoms with Crippen LogP contribution in [0.15, 0.2) is 33.9 Å². The molecule has 0 radical (unpaired) electrons. The van der Waals surface area contributed by atoms with Crippen LogP contribution in [0.1, 0.15) is 18.4 Å². The van der Waals surface area contributed by atoms with E-state index in [9.17, 15) is 4.79 Å². The van der Waals surface area contributed by atoms with Crippen molar-refractivity contribution in [1.82, 2.24) is 15.5 Å². The van der Waals surface area contributed by atoms with Crippen molar-refractivity contribution in [3.63, 3.8) is 0 Å². The van der Waals surface area contributed by atoms with E-state index in [1.807, 2.05) is 12.1 Å². The third-order valence-electron chi connectivity index (χ3n) is 2.53. The Bertz CT molecular complexity index is 586. The molecule has 0 saturated heterocycles. The highest BCUT2D eigenvalue weighted by atomic mass is 35.5. The zero-order valence-corrected chi connectivity index (χ0v) is 12.7. The average Bonchev–Trinajstić information content (AvgIpc) is 2.83. The molecule has 106 valence electrons. The number of hydrogen-bond acceptors (Lipinski definition) is 5.